The highest BCUT2D eigenvalue weighted by atomic mass is 32.2. The first kappa shape index (κ1) is 27.6. The second-order valence-electron chi connectivity index (χ2n) is 7.40. The fourth-order valence-corrected chi connectivity index (χ4v) is 4.78. The van der Waals surface area contributed by atoms with Gasteiger partial charge in [0.05, 0.1) is 23.7 Å². The van der Waals surface area contributed by atoms with Crippen LogP contribution in [-0.4, -0.2) is 47.7 Å². The summed E-state index contributed by atoms with van der Waals surface area (Å²) in [6, 6.07) is 7.73. The fraction of sp³-hybridized carbons (Fsp3) is 0.625. The van der Waals surface area contributed by atoms with Crippen molar-refractivity contribution in [3.63, 3.8) is 0 Å². The highest BCUT2D eigenvalue weighted by molar-refractivity contribution is 8.15. The van der Waals surface area contributed by atoms with Gasteiger partial charge in [0, 0.05) is 6.42 Å². The zero-order chi connectivity index (χ0) is 22.9. The first-order chi connectivity index (χ1) is 15.0. The minimum atomic E-state index is -0.367. The van der Waals surface area contributed by atoms with Crippen molar-refractivity contribution in [2.24, 2.45) is 0 Å². The Labute approximate surface area is 196 Å². The Balaban J connectivity index is 0.000000330. The first-order valence-corrected chi connectivity index (χ1v) is 13.0. The molecule has 0 saturated carbocycles. The average Bonchev–Trinajstić information content (AvgIpc) is 3.19. The monoisotopic (exact) mass is 466 g/mol. The largest absolute Gasteiger partial charge is 0.469 e. The van der Waals surface area contributed by atoms with Crippen LogP contribution < -0.4 is 0 Å². The van der Waals surface area contributed by atoms with Gasteiger partial charge >= 0.3 is 5.97 Å². The number of methoxy groups -OCH3 is 1. The second-order valence-corrected chi connectivity index (χ2v) is 9.74. The maximum Gasteiger partial charge on any atom is 0.305 e. The predicted molar refractivity (Wildman–Crippen MR) is 133 cm³/mol. The Morgan fingerprint density at radius 1 is 0.968 bits per heavy atom. The Kier molecular flexibility index (Phi) is 15.3. The topological polar surface area (TPSA) is 59.5 Å². The van der Waals surface area contributed by atoms with E-state index in [1.54, 1.807) is 0 Å². The number of carbonyl (C=O) groups excluding carboxylic acids is 2. The van der Waals surface area contributed by atoms with Crippen LogP contribution in [0.15, 0.2) is 28.6 Å². The number of thioether (sulfide) groups is 1. The van der Waals surface area contributed by atoms with Gasteiger partial charge in [0.15, 0.2) is 9.45 Å². The van der Waals surface area contributed by atoms with Crippen LogP contribution in [0.25, 0.3) is 10.2 Å². The van der Waals surface area contributed by atoms with E-state index in [1.807, 2.05) is 24.3 Å². The lowest BCUT2D eigenvalue weighted by Crippen LogP contribution is -2.27. The van der Waals surface area contributed by atoms with E-state index < -0.39 is 0 Å². The normalized spacial score (nSPS) is 10.7. The zero-order valence-corrected chi connectivity index (χ0v) is 21.2. The van der Waals surface area contributed by atoms with E-state index in [-0.39, 0.29) is 23.9 Å². The lowest BCUT2D eigenvalue weighted by molar-refractivity contribution is -0.141. The van der Waals surface area contributed by atoms with Crippen molar-refractivity contribution in [3.8, 4) is 0 Å². The smallest absolute Gasteiger partial charge is 0.305 e. The quantitative estimate of drug-likeness (QED) is 0.246. The number of para-hydroxylation sites is 1. The van der Waals surface area contributed by atoms with E-state index in [1.165, 1.54) is 76.6 Å². The molecule has 7 heteroatoms. The molecular formula is C24H38N2O3S2. The van der Waals surface area contributed by atoms with Crippen LogP contribution in [0, 0.1) is 0 Å². The molecule has 5 nitrogen and oxygen atoms in total. The van der Waals surface area contributed by atoms with Crippen LogP contribution in [-0.2, 0) is 14.3 Å². The summed E-state index contributed by atoms with van der Waals surface area (Å²) >= 11 is 2.56. The summed E-state index contributed by atoms with van der Waals surface area (Å²) in [5.74, 6) is -0.367. The molecule has 0 amide bonds. The van der Waals surface area contributed by atoms with Gasteiger partial charge in [0.25, 0.3) is 0 Å². The van der Waals surface area contributed by atoms with Crippen molar-refractivity contribution in [1.29, 1.82) is 0 Å². The van der Waals surface area contributed by atoms with Crippen molar-refractivity contribution < 1.29 is 14.3 Å². The van der Waals surface area contributed by atoms with Gasteiger partial charge in [-0.1, -0.05) is 52.2 Å². The van der Waals surface area contributed by atoms with Crippen molar-refractivity contribution in [2.45, 2.75) is 76.5 Å². The molecule has 0 fully saturated rings. The Morgan fingerprint density at radius 2 is 1.55 bits per heavy atom. The van der Waals surface area contributed by atoms with Gasteiger partial charge in [-0.05, 0) is 62.8 Å². The molecular weight excluding hydrogens is 428 g/mol. The summed E-state index contributed by atoms with van der Waals surface area (Å²) < 4.78 is 6.26. The van der Waals surface area contributed by atoms with E-state index in [4.69, 9.17) is 0 Å². The number of thiazole rings is 1. The van der Waals surface area contributed by atoms with Gasteiger partial charge in [-0.2, -0.15) is 0 Å². The molecule has 0 N–H and O–H groups in total. The van der Waals surface area contributed by atoms with Crippen LogP contribution in [0.2, 0.25) is 0 Å². The number of unbranched alkanes of at least 4 members (excludes halogenated alkanes) is 3. The van der Waals surface area contributed by atoms with Gasteiger partial charge in [-0.15, -0.1) is 11.3 Å². The van der Waals surface area contributed by atoms with E-state index in [9.17, 15) is 9.59 Å². The standard InChI is InChI=1S/C12H11NO3S2.C12H27N/c1-16-10(14)6-7-11(15)18-12-13-8-4-2-3-5-9(8)17-12;1-4-7-10-13(11-8-5-2)12-9-6-3/h2-5H,6-7H2,1H3;4-12H2,1-3H3. The summed E-state index contributed by atoms with van der Waals surface area (Å²) in [6.07, 6.45) is 8.38. The number of esters is 1. The highest BCUT2D eigenvalue weighted by Crippen LogP contribution is 2.30. The molecule has 0 saturated heterocycles. The molecule has 0 radical (unpaired) electrons. The predicted octanol–water partition coefficient (Wildman–Crippen LogP) is 6.56. The molecule has 0 bridgehead atoms. The maximum atomic E-state index is 11.6. The molecule has 0 aliphatic carbocycles. The molecule has 174 valence electrons. The molecule has 2 aromatic rings. The molecule has 1 heterocycles. The van der Waals surface area contributed by atoms with Crippen molar-refractivity contribution in [2.75, 3.05) is 26.7 Å². The number of carbonyl (C=O) groups is 2. The summed E-state index contributed by atoms with van der Waals surface area (Å²) in [5.41, 5.74) is 0.894. The molecule has 1 aromatic carbocycles. The molecule has 0 aliphatic rings. The zero-order valence-electron chi connectivity index (χ0n) is 19.5. The van der Waals surface area contributed by atoms with E-state index in [0.29, 0.717) is 4.34 Å². The van der Waals surface area contributed by atoms with Gasteiger partial charge < -0.3 is 9.64 Å². The molecule has 0 unspecified atom stereocenters. The molecule has 0 atom stereocenters. The van der Waals surface area contributed by atoms with E-state index in [2.05, 4.69) is 35.4 Å². The SMILES string of the molecule is CCCCN(CCCC)CCCC.COC(=O)CCC(=O)Sc1nc2ccccc2s1. The van der Waals surface area contributed by atoms with Crippen molar-refractivity contribution >= 4 is 44.4 Å². The third-order valence-electron chi connectivity index (χ3n) is 4.72. The summed E-state index contributed by atoms with van der Waals surface area (Å²) in [7, 11) is 1.31. The number of rotatable bonds is 13. The minimum absolute atomic E-state index is 0.0699. The van der Waals surface area contributed by atoms with Gasteiger partial charge in [0.1, 0.15) is 0 Å². The van der Waals surface area contributed by atoms with Crippen LogP contribution in [0.3, 0.4) is 0 Å². The van der Waals surface area contributed by atoms with Crippen LogP contribution in [0.5, 0.6) is 0 Å². The minimum Gasteiger partial charge on any atom is -0.469 e. The third kappa shape index (κ3) is 12.2. The van der Waals surface area contributed by atoms with Gasteiger partial charge in [0.2, 0.25) is 0 Å². The number of benzene rings is 1. The Bertz CT molecular complexity index is 712. The molecule has 0 aliphatic heterocycles. The summed E-state index contributed by atoms with van der Waals surface area (Å²) in [6.45, 7) is 10.8. The van der Waals surface area contributed by atoms with Gasteiger partial charge in [-0.3, -0.25) is 9.59 Å². The van der Waals surface area contributed by atoms with Crippen molar-refractivity contribution in [1.82, 2.24) is 9.88 Å². The fourth-order valence-electron chi connectivity index (χ4n) is 2.83. The second kappa shape index (κ2) is 17.2. The average molecular weight is 467 g/mol. The van der Waals surface area contributed by atoms with Crippen LogP contribution >= 0.6 is 23.1 Å². The Hall–Kier alpha value is -1.44. The van der Waals surface area contributed by atoms with Crippen molar-refractivity contribution in [3.05, 3.63) is 24.3 Å². The highest BCUT2D eigenvalue weighted by Gasteiger charge is 2.12. The maximum absolute atomic E-state index is 11.6. The molecule has 0 spiro atoms. The summed E-state index contributed by atoms with van der Waals surface area (Å²) in [5, 5.41) is -0.0699. The lowest BCUT2D eigenvalue weighted by atomic mass is 10.2. The molecule has 31 heavy (non-hydrogen) atoms. The number of hydrogen-bond donors (Lipinski definition) is 0. The van der Waals surface area contributed by atoms with E-state index in [0.717, 1.165) is 22.0 Å². The Morgan fingerprint density at radius 3 is 2.06 bits per heavy atom. The number of ether oxygens (including phenoxy) is 1. The number of nitrogens with zero attached hydrogens (tertiary/aromatic N) is 2. The van der Waals surface area contributed by atoms with E-state index >= 15 is 0 Å². The number of hydrogen-bond acceptors (Lipinski definition) is 7. The molecule has 1 aromatic heterocycles. The third-order valence-corrected chi connectivity index (χ3v) is 6.75. The number of fused-ring (bicyclic) bond motifs is 1. The van der Waals surface area contributed by atoms with Crippen LogP contribution in [0.1, 0.15) is 72.1 Å². The van der Waals surface area contributed by atoms with Crippen LogP contribution in [0.4, 0.5) is 0 Å². The lowest BCUT2D eigenvalue weighted by Gasteiger charge is -2.21. The molecule has 2 rings (SSSR count). The number of aromatic nitrogens is 1. The van der Waals surface area contributed by atoms with Gasteiger partial charge in [-0.25, -0.2) is 4.98 Å². The first-order valence-electron chi connectivity index (χ1n) is 11.4. The summed E-state index contributed by atoms with van der Waals surface area (Å²) in [4.78, 5) is 29.5.